The van der Waals surface area contributed by atoms with Crippen LogP contribution in [-0.2, 0) is 9.53 Å². The van der Waals surface area contributed by atoms with E-state index in [1.807, 2.05) is 6.92 Å². The van der Waals surface area contributed by atoms with Gasteiger partial charge in [-0.1, -0.05) is 26.7 Å². The summed E-state index contributed by atoms with van der Waals surface area (Å²) in [7, 11) is 0. The van der Waals surface area contributed by atoms with Gasteiger partial charge in [0.15, 0.2) is 0 Å². The average molecular weight is 203 g/mol. The summed E-state index contributed by atoms with van der Waals surface area (Å²) in [5.41, 5.74) is 0. The average Bonchev–Trinajstić information content (AvgIpc) is 2.15. The van der Waals surface area contributed by atoms with Gasteiger partial charge in [0.05, 0.1) is 6.61 Å². The molecule has 0 fully saturated rings. The first-order valence-corrected chi connectivity index (χ1v) is 5.26. The Morgan fingerprint density at radius 1 is 1.43 bits per heavy atom. The van der Waals surface area contributed by atoms with Crippen LogP contribution in [0.3, 0.4) is 0 Å². The molecule has 0 aromatic carbocycles. The second-order valence-electron chi connectivity index (χ2n) is 3.23. The molecule has 84 valence electrons. The van der Waals surface area contributed by atoms with Gasteiger partial charge < -0.3 is 15.2 Å². The van der Waals surface area contributed by atoms with Gasteiger partial charge in [0.1, 0.15) is 6.04 Å². The van der Waals surface area contributed by atoms with Crippen LogP contribution < -0.4 is 5.32 Å². The number of unbranched alkanes of at least 4 members (excludes halogenated alkanes) is 2. The van der Waals surface area contributed by atoms with E-state index in [0.717, 1.165) is 19.3 Å². The third kappa shape index (κ3) is 6.86. The molecule has 0 aliphatic rings. The van der Waals surface area contributed by atoms with Gasteiger partial charge in [-0.15, -0.1) is 0 Å². The molecule has 0 spiro atoms. The Morgan fingerprint density at radius 2 is 2.14 bits per heavy atom. The third-order valence-electron chi connectivity index (χ3n) is 1.93. The van der Waals surface area contributed by atoms with Crippen LogP contribution in [0.15, 0.2) is 0 Å². The van der Waals surface area contributed by atoms with Crippen LogP contribution in [0.1, 0.15) is 33.1 Å². The van der Waals surface area contributed by atoms with Crippen molar-refractivity contribution in [1.82, 2.24) is 5.32 Å². The first-order valence-electron chi connectivity index (χ1n) is 5.26. The second kappa shape index (κ2) is 8.97. The summed E-state index contributed by atoms with van der Waals surface area (Å²) >= 11 is 0. The molecule has 0 heterocycles. The highest BCUT2D eigenvalue weighted by atomic mass is 16.5. The molecule has 4 nitrogen and oxygen atoms in total. The van der Waals surface area contributed by atoms with E-state index < -0.39 is 12.0 Å². The zero-order valence-corrected chi connectivity index (χ0v) is 9.08. The van der Waals surface area contributed by atoms with Crippen molar-refractivity contribution in [2.24, 2.45) is 0 Å². The molecule has 14 heavy (non-hydrogen) atoms. The van der Waals surface area contributed by atoms with E-state index in [0.29, 0.717) is 13.2 Å². The lowest BCUT2D eigenvalue weighted by Gasteiger charge is -2.12. The number of carboxylic acid groups (broad SMARTS) is 1. The Labute approximate surface area is 85.6 Å². The molecule has 0 aliphatic carbocycles. The van der Waals surface area contributed by atoms with Gasteiger partial charge in [-0.05, 0) is 13.0 Å². The molecule has 0 bridgehead atoms. The lowest BCUT2D eigenvalue weighted by molar-refractivity contribution is -0.141. The largest absolute Gasteiger partial charge is 0.480 e. The molecule has 0 rings (SSSR count). The highest BCUT2D eigenvalue weighted by Gasteiger charge is 2.15. The Kier molecular flexibility index (Phi) is 8.57. The zero-order valence-electron chi connectivity index (χ0n) is 9.08. The molecule has 0 aromatic heterocycles. The molecule has 0 radical (unpaired) electrons. The lowest BCUT2D eigenvalue weighted by atomic mass is 10.3. The molecule has 0 amide bonds. The normalized spacial score (nSPS) is 12.7. The minimum absolute atomic E-state index is 0.257. The third-order valence-corrected chi connectivity index (χ3v) is 1.93. The van der Waals surface area contributed by atoms with Gasteiger partial charge in [-0.25, -0.2) is 0 Å². The maximum absolute atomic E-state index is 10.7. The molecule has 2 N–H and O–H groups in total. The van der Waals surface area contributed by atoms with Crippen molar-refractivity contribution < 1.29 is 14.6 Å². The smallest absolute Gasteiger partial charge is 0.323 e. The van der Waals surface area contributed by atoms with Crippen LogP contribution >= 0.6 is 0 Å². The van der Waals surface area contributed by atoms with Crippen LogP contribution in [0, 0.1) is 0 Å². The van der Waals surface area contributed by atoms with Crippen molar-refractivity contribution in [2.75, 3.05) is 19.8 Å². The molecular formula is C10H21NO3. The molecule has 4 heteroatoms. The minimum Gasteiger partial charge on any atom is -0.480 e. The Hall–Kier alpha value is -0.610. The maximum atomic E-state index is 10.7. The van der Waals surface area contributed by atoms with Crippen molar-refractivity contribution in [3.8, 4) is 0 Å². The standard InChI is InChI=1S/C10H21NO3/c1-3-5-6-7-14-8-9(10(12)13)11-4-2/h9,11H,3-8H2,1-2H3,(H,12,13). The number of nitrogens with one attached hydrogen (secondary N) is 1. The minimum atomic E-state index is -0.845. The van der Waals surface area contributed by atoms with E-state index in [1.165, 1.54) is 0 Å². The maximum Gasteiger partial charge on any atom is 0.323 e. The van der Waals surface area contributed by atoms with Crippen LogP contribution in [0.25, 0.3) is 0 Å². The molecule has 0 saturated heterocycles. The Balaban J connectivity index is 3.46. The van der Waals surface area contributed by atoms with Crippen LogP contribution in [0.2, 0.25) is 0 Å². The summed E-state index contributed by atoms with van der Waals surface area (Å²) in [6.45, 7) is 5.57. The van der Waals surface area contributed by atoms with Crippen molar-refractivity contribution >= 4 is 5.97 Å². The van der Waals surface area contributed by atoms with Crippen LogP contribution in [0.5, 0.6) is 0 Å². The van der Waals surface area contributed by atoms with Gasteiger partial charge in [0.25, 0.3) is 0 Å². The predicted molar refractivity (Wildman–Crippen MR) is 55.4 cm³/mol. The fourth-order valence-corrected chi connectivity index (χ4v) is 1.12. The summed E-state index contributed by atoms with van der Waals surface area (Å²) in [5.74, 6) is -0.845. The number of rotatable bonds is 9. The van der Waals surface area contributed by atoms with E-state index >= 15 is 0 Å². The van der Waals surface area contributed by atoms with Gasteiger partial charge in [0.2, 0.25) is 0 Å². The molecule has 0 aromatic rings. The van der Waals surface area contributed by atoms with Crippen molar-refractivity contribution in [1.29, 1.82) is 0 Å². The summed E-state index contributed by atoms with van der Waals surface area (Å²) < 4.78 is 5.27. The molecule has 0 saturated carbocycles. The van der Waals surface area contributed by atoms with E-state index in [2.05, 4.69) is 12.2 Å². The monoisotopic (exact) mass is 203 g/mol. The summed E-state index contributed by atoms with van der Waals surface area (Å²) in [6, 6.07) is -0.568. The highest BCUT2D eigenvalue weighted by Crippen LogP contribution is 1.95. The lowest BCUT2D eigenvalue weighted by Crippen LogP contribution is -2.40. The van der Waals surface area contributed by atoms with E-state index in [1.54, 1.807) is 0 Å². The van der Waals surface area contributed by atoms with E-state index in [4.69, 9.17) is 9.84 Å². The first kappa shape index (κ1) is 13.4. The van der Waals surface area contributed by atoms with Crippen LogP contribution in [0.4, 0.5) is 0 Å². The topological polar surface area (TPSA) is 58.6 Å². The SMILES string of the molecule is CCCCCOCC(NCC)C(=O)O. The molecule has 0 aliphatic heterocycles. The van der Waals surface area contributed by atoms with Gasteiger partial charge in [-0.2, -0.15) is 0 Å². The zero-order chi connectivity index (χ0) is 10.8. The fourth-order valence-electron chi connectivity index (χ4n) is 1.12. The number of likely N-dealkylation sites (N-methyl/N-ethyl adjacent to an activating group) is 1. The first-order chi connectivity index (χ1) is 6.72. The number of hydrogen-bond acceptors (Lipinski definition) is 3. The molecule has 1 unspecified atom stereocenters. The number of aliphatic carboxylic acids is 1. The number of hydrogen-bond donors (Lipinski definition) is 2. The number of ether oxygens (including phenoxy) is 1. The van der Waals surface area contributed by atoms with E-state index in [-0.39, 0.29) is 6.61 Å². The number of carbonyl (C=O) groups is 1. The summed E-state index contributed by atoms with van der Waals surface area (Å²) in [5, 5.41) is 11.6. The molecule has 1 atom stereocenters. The van der Waals surface area contributed by atoms with Gasteiger partial charge in [-0.3, -0.25) is 4.79 Å². The fraction of sp³-hybridized carbons (Fsp3) is 0.900. The van der Waals surface area contributed by atoms with Gasteiger partial charge >= 0.3 is 5.97 Å². The van der Waals surface area contributed by atoms with Crippen molar-refractivity contribution in [3.63, 3.8) is 0 Å². The highest BCUT2D eigenvalue weighted by molar-refractivity contribution is 5.73. The Bertz CT molecular complexity index is 150. The van der Waals surface area contributed by atoms with Gasteiger partial charge in [0, 0.05) is 6.61 Å². The number of carboxylic acids is 1. The van der Waals surface area contributed by atoms with Crippen LogP contribution in [-0.4, -0.2) is 36.9 Å². The summed E-state index contributed by atoms with van der Waals surface area (Å²) in [6.07, 6.45) is 3.30. The summed E-state index contributed by atoms with van der Waals surface area (Å²) in [4.78, 5) is 10.7. The van der Waals surface area contributed by atoms with Crippen molar-refractivity contribution in [2.45, 2.75) is 39.2 Å². The molecular weight excluding hydrogens is 182 g/mol. The van der Waals surface area contributed by atoms with E-state index in [9.17, 15) is 4.79 Å². The second-order valence-corrected chi connectivity index (χ2v) is 3.23. The predicted octanol–water partition coefficient (Wildman–Crippen LogP) is 1.26. The quantitative estimate of drug-likeness (QED) is 0.554. The van der Waals surface area contributed by atoms with Crippen molar-refractivity contribution in [3.05, 3.63) is 0 Å². The Morgan fingerprint density at radius 3 is 2.64 bits per heavy atom.